The third kappa shape index (κ3) is 14.8. The molecule has 96 heavy (non-hydrogen) atoms. The van der Waals surface area contributed by atoms with E-state index in [4.69, 9.17) is 25.8 Å². The summed E-state index contributed by atoms with van der Waals surface area (Å²) >= 11 is 6.39. The number of rotatable bonds is 19. The van der Waals surface area contributed by atoms with Gasteiger partial charge in [-0.3, -0.25) is 42.1 Å². The molecule has 0 radical (unpaired) electrons. The molecule has 0 N–H and O–H groups in total. The Balaban J connectivity index is 0.000000130. The SMILES string of the molecule is CCOc1ccc(-c2ccn(-c3ccc4c(cnn4CCN4CCCC4)c3)c(=O)c2)cc1.COc1ccc(-c2ccn(-c3ccc4c(cnn4CCN4CCCC4)c3)c(=O)c2)c(Cl)c1.COc1ccc(-c2ccn(-c3ccc4c(cnn4CCN4CCCC4)c3)c(=O)c2)c(F)c1. The van der Waals surface area contributed by atoms with E-state index in [1.54, 1.807) is 69.6 Å². The summed E-state index contributed by atoms with van der Waals surface area (Å²) < 4.78 is 41.2. The summed E-state index contributed by atoms with van der Waals surface area (Å²) in [5.74, 6) is 1.53. The average Bonchev–Trinajstić information content (AvgIpc) is 1.41. The molecule has 6 aromatic heterocycles. The molecule has 0 saturated carbocycles. The van der Waals surface area contributed by atoms with E-state index in [0.717, 1.165) is 117 Å². The molecule has 0 aliphatic carbocycles. The Labute approximate surface area is 561 Å². The molecule has 15 rings (SSSR count). The molecule has 0 atom stereocenters. The van der Waals surface area contributed by atoms with Crippen LogP contribution in [-0.2, 0) is 19.6 Å². The van der Waals surface area contributed by atoms with Gasteiger partial charge in [-0.15, -0.1) is 0 Å². The minimum atomic E-state index is -0.427. The number of hydrogen-bond acceptors (Lipinski definition) is 12. The van der Waals surface area contributed by atoms with Crippen molar-refractivity contribution in [3.63, 3.8) is 0 Å². The molecule has 6 aromatic carbocycles. The monoisotopic (exact) mass is 1310 g/mol. The van der Waals surface area contributed by atoms with Crippen LogP contribution in [0.15, 0.2) is 203 Å². The summed E-state index contributed by atoms with van der Waals surface area (Å²) in [4.78, 5) is 46.1. The molecule has 0 amide bonds. The van der Waals surface area contributed by atoms with Crippen LogP contribution in [0.4, 0.5) is 4.39 Å². The van der Waals surface area contributed by atoms with Crippen molar-refractivity contribution in [1.82, 2.24) is 57.7 Å². The first kappa shape index (κ1) is 64.8. The normalized spacial score (nSPS) is 14.3. The second-order valence-corrected chi connectivity index (χ2v) is 24.9. The summed E-state index contributed by atoms with van der Waals surface area (Å²) in [6.45, 7) is 15.4. The third-order valence-corrected chi connectivity index (χ3v) is 18.7. The number of methoxy groups -OCH3 is 2. The largest absolute Gasteiger partial charge is 0.497 e. The number of fused-ring (bicyclic) bond motifs is 3. The van der Waals surface area contributed by atoms with Gasteiger partial charge in [-0.25, -0.2) is 4.39 Å². The summed E-state index contributed by atoms with van der Waals surface area (Å²) in [6.07, 6.45) is 18.7. The Hall–Kier alpha value is -9.92. The third-order valence-electron chi connectivity index (χ3n) is 18.4. The maximum absolute atomic E-state index is 14.4. The van der Waals surface area contributed by atoms with Crippen LogP contribution in [0.5, 0.6) is 17.2 Å². The lowest BCUT2D eigenvalue weighted by atomic mass is 10.1. The van der Waals surface area contributed by atoms with E-state index in [0.29, 0.717) is 34.3 Å². The van der Waals surface area contributed by atoms with E-state index in [1.165, 1.54) is 97.0 Å². The first-order valence-electron chi connectivity index (χ1n) is 33.1. The van der Waals surface area contributed by atoms with Gasteiger partial charge in [-0.05, 0) is 222 Å². The van der Waals surface area contributed by atoms with Crippen molar-refractivity contribution in [2.24, 2.45) is 0 Å². The number of hydrogen-bond donors (Lipinski definition) is 0. The maximum Gasteiger partial charge on any atom is 0.255 e. The molecule has 3 aliphatic rings. The van der Waals surface area contributed by atoms with Crippen LogP contribution in [0, 0.1) is 5.82 Å². The second-order valence-electron chi connectivity index (χ2n) is 24.5. The van der Waals surface area contributed by atoms with E-state index >= 15 is 0 Å². The lowest BCUT2D eigenvalue weighted by Crippen LogP contribution is -2.24. The Morgan fingerprint density at radius 3 is 1.17 bits per heavy atom. The molecular weight excluding hydrogens is 1230 g/mol. The molecule has 12 aromatic rings. The highest BCUT2D eigenvalue weighted by molar-refractivity contribution is 6.33. The van der Waals surface area contributed by atoms with Crippen LogP contribution < -0.4 is 30.9 Å². The van der Waals surface area contributed by atoms with Crippen LogP contribution in [0.3, 0.4) is 0 Å². The quantitative estimate of drug-likeness (QED) is 0.0756. The van der Waals surface area contributed by atoms with Crippen molar-refractivity contribution in [3.05, 3.63) is 231 Å². The van der Waals surface area contributed by atoms with E-state index in [-0.39, 0.29) is 16.7 Å². The van der Waals surface area contributed by atoms with Gasteiger partial charge in [0.1, 0.15) is 23.1 Å². The summed E-state index contributed by atoms with van der Waals surface area (Å²) in [5, 5.41) is 17.3. The van der Waals surface area contributed by atoms with Crippen molar-refractivity contribution >= 4 is 44.3 Å². The molecule has 0 unspecified atom stereocenters. The maximum atomic E-state index is 14.4. The fraction of sp³-hybridized carbons (Fsp3) is 0.289. The van der Waals surface area contributed by atoms with Gasteiger partial charge in [0.15, 0.2) is 0 Å². The number of aromatic nitrogens is 9. The molecule has 3 fully saturated rings. The molecule has 0 spiro atoms. The van der Waals surface area contributed by atoms with E-state index < -0.39 is 5.82 Å². The number of pyridine rings is 3. The zero-order valence-corrected chi connectivity index (χ0v) is 55.2. The first-order chi connectivity index (χ1) is 46.9. The highest BCUT2D eigenvalue weighted by Gasteiger charge is 2.18. The van der Waals surface area contributed by atoms with E-state index in [2.05, 4.69) is 45.4 Å². The zero-order valence-electron chi connectivity index (χ0n) is 54.4. The van der Waals surface area contributed by atoms with Crippen molar-refractivity contribution in [2.75, 3.05) is 79.7 Å². The summed E-state index contributed by atoms with van der Waals surface area (Å²) in [6, 6.07) is 46.2. The minimum Gasteiger partial charge on any atom is -0.497 e. The molecule has 9 heterocycles. The molecule has 3 saturated heterocycles. The van der Waals surface area contributed by atoms with Crippen molar-refractivity contribution in [3.8, 4) is 67.7 Å². The van der Waals surface area contributed by atoms with Gasteiger partial charge in [-0.1, -0.05) is 23.7 Å². The van der Waals surface area contributed by atoms with Crippen LogP contribution >= 0.6 is 11.6 Å². The Morgan fingerprint density at radius 1 is 0.406 bits per heavy atom. The van der Waals surface area contributed by atoms with Gasteiger partial charge in [0.2, 0.25) is 0 Å². The molecule has 3 aliphatic heterocycles. The molecule has 18 nitrogen and oxygen atoms in total. The van der Waals surface area contributed by atoms with E-state index in [1.807, 2.05) is 133 Å². The standard InChI is InChI=1S/C26H28N4O2.C25H25ClN4O2.C25H25FN4O2/c1-2-32-24-8-5-20(6-9-24)21-11-14-29(26(31)18-21)23-7-10-25-22(17-23)19-27-30(25)16-15-28-12-3-4-13-28;2*1-32-21-5-6-22(23(26)16-21)18-8-11-29(25(31)15-18)20-4-7-24-19(14-20)17-27-30(24)13-12-28-9-2-3-10-28/h5-11,14,17-19H,2-4,12-13,15-16H2,1H3;2*4-8,11,14-17H,2-3,9-10,12-13H2,1H3. The molecule has 20 heteroatoms. The van der Waals surface area contributed by atoms with Crippen molar-refractivity contribution in [1.29, 1.82) is 0 Å². The minimum absolute atomic E-state index is 0.0582. The van der Waals surface area contributed by atoms with Gasteiger partial charge in [0.05, 0.1) is 80.6 Å². The Bertz CT molecular complexity index is 4680. The zero-order chi connectivity index (χ0) is 66.1. The Kier molecular flexibility index (Phi) is 20.1. The van der Waals surface area contributed by atoms with Crippen LogP contribution in [0.2, 0.25) is 5.02 Å². The predicted molar refractivity (Wildman–Crippen MR) is 379 cm³/mol. The lowest BCUT2D eigenvalue weighted by molar-refractivity contribution is 0.318. The summed E-state index contributed by atoms with van der Waals surface area (Å²) in [5.41, 5.74) is 9.61. The van der Waals surface area contributed by atoms with Crippen molar-refractivity contribution < 1.29 is 18.6 Å². The van der Waals surface area contributed by atoms with Crippen LogP contribution in [0.1, 0.15) is 45.4 Å². The van der Waals surface area contributed by atoms with Gasteiger partial charge in [0, 0.05) is 107 Å². The van der Waals surface area contributed by atoms with Crippen LogP contribution in [0.25, 0.3) is 83.2 Å². The smallest absolute Gasteiger partial charge is 0.255 e. The topological polar surface area (TPSA) is 157 Å². The van der Waals surface area contributed by atoms with Gasteiger partial charge in [-0.2, -0.15) is 15.3 Å². The molecular formula is C76H78ClFN12O6. The Morgan fingerprint density at radius 2 is 0.781 bits per heavy atom. The predicted octanol–water partition coefficient (Wildman–Crippen LogP) is 13.1. The number of halogens is 2. The number of likely N-dealkylation sites (tertiary alicyclic amines) is 3. The molecule has 492 valence electrons. The van der Waals surface area contributed by atoms with Crippen LogP contribution in [-0.4, -0.2) is 137 Å². The highest BCUT2D eigenvalue weighted by Crippen LogP contribution is 2.32. The highest BCUT2D eigenvalue weighted by atomic mass is 35.5. The fourth-order valence-corrected chi connectivity index (χ4v) is 13.4. The van der Waals surface area contributed by atoms with Gasteiger partial charge in [0.25, 0.3) is 16.7 Å². The van der Waals surface area contributed by atoms with Gasteiger partial charge >= 0.3 is 0 Å². The number of benzene rings is 6. The van der Waals surface area contributed by atoms with E-state index in [9.17, 15) is 18.8 Å². The first-order valence-corrected chi connectivity index (χ1v) is 33.5. The lowest BCUT2D eigenvalue weighted by Gasteiger charge is -2.14. The summed E-state index contributed by atoms with van der Waals surface area (Å²) in [7, 11) is 3.09. The number of nitrogens with zero attached hydrogens (tertiary/aromatic N) is 12. The molecule has 0 bridgehead atoms. The average molecular weight is 1310 g/mol. The fourth-order valence-electron chi connectivity index (χ4n) is 13.2. The number of ether oxygens (including phenoxy) is 3. The van der Waals surface area contributed by atoms with Crippen molar-refractivity contribution in [2.45, 2.75) is 65.1 Å². The second kappa shape index (κ2) is 29.8. The van der Waals surface area contributed by atoms with Gasteiger partial charge < -0.3 is 28.9 Å².